The summed E-state index contributed by atoms with van der Waals surface area (Å²) in [6, 6.07) is 149. The van der Waals surface area contributed by atoms with Crippen molar-refractivity contribution in [2.45, 2.75) is 0 Å². The molecule has 0 aliphatic carbocycles. The minimum absolute atomic E-state index is 1.11. The van der Waals surface area contributed by atoms with Crippen LogP contribution in [0, 0.1) is 0 Å². The maximum absolute atomic E-state index is 2.44. The van der Waals surface area contributed by atoms with Gasteiger partial charge in [-0.25, -0.2) is 0 Å². The number of hydrogen-bond donors (Lipinski definition) is 0. The number of anilines is 6. The van der Waals surface area contributed by atoms with Gasteiger partial charge in [-0.3, -0.25) is 0 Å². The summed E-state index contributed by atoms with van der Waals surface area (Å²) < 4.78 is 4.84. The van der Waals surface area contributed by atoms with Crippen molar-refractivity contribution in [2.75, 3.05) is 9.80 Å². The molecule has 2 heterocycles. The standard InChI is InChI=1S/2C50H34N2/c1-3-14-36(15-4-1)44-21-9-11-24-47(44)52-48-25-12-10-22-45(48)50-46-34-41(32-28-38(46)29-33-49(50)52)51(39-18-5-2-6-19-39)40-30-26-37(27-31-40)43-23-13-17-35-16-7-8-20-42(35)43;1-3-12-35(13-4-1)36-22-28-41(29-23-36)51(42-30-24-38(25-31-42)45-20-11-15-37-14-7-8-18-44(37)45)43-32-26-39-27-33-49-50(47(39)34-43)46-19-9-10-21-48(46)52(49)40-16-5-2-6-17-40/h2*1-34H. The third kappa shape index (κ3) is 11.0. The monoisotopic (exact) mass is 1320 g/mol. The number of hydrogen-bond acceptors (Lipinski definition) is 2. The second-order valence-corrected chi connectivity index (χ2v) is 26.7. The Kier molecular flexibility index (Phi) is 15.5. The number of rotatable bonds is 12. The van der Waals surface area contributed by atoms with Crippen molar-refractivity contribution in [1.29, 1.82) is 0 Å². The van der Waals surface area contributed by atoms with Crippen molar-refractivity contribution < 1.29 is 0 Å². The molecule has 0 aliphatic heterocycles. The molecule has 0 aliphatic rings. The first-order chi connectivity index (χ1) is 51.6. The molecule has 0 spiro atoms. The van der Waals surface area contributed by atoms with Crippen molar-refractivity contribution in [1.82, 2.24) is 9.13 Å². The summed E-state index contributed by atoms with van der Waals surface area (Å²) in [6.45, 7) is 0. The van der Waals surface area contributed by atoms with Crippen LogP contribution < -0.4 is 9.80 Å². The van der Waals surface area contributed by atoms with Gasteiger partial charge in [-0.1, -0.05) is 297 Å². The summed E-state index contributed by atoms with van der Waals surface area (Å²) in [5.41, 5.74) is 23.5. The van der Waals surface area contributed by atoms with Gasteiger partial charge in [0.15, 0.2) is 0 Å². The van der Waals surface area contributed by atoms with E-state index in [2.05, 4.69) is 431 Å². The zero-order valence-corrected chi connectivity index (χ0v) is 57.0. The Morgan fingerprint density at radius 2 is 0.500 bits per heavy atom. The summed E-state index contributed by atoms with van der Waals surface area (Å²) in [4.78, 5) is 4.76. The summed E-state index contributed by atoms with van der Waals surface area (Å²) in [5, 5.41) is 15.0. The number of nitrogens with zero attached hydrogens (tertiary/aromatic N) is 4. The van der Waals surface area contributed by atoms with Crippen LogP contribution in [0.25, 0.3) is 143 Å². The van der Waals surface area contributed by atoms with Crippen LogP contribution in [0.5, 0.6) is 0 Å². The third-order valence-electron chi connectivity index (χ3n) is 20.7. The van der Waals surface area contributed by atoms with E-state index in [-0.39, 0.29) is 0 Å². The molecule has 0 unspecified atom stereocenters. The maximum Gasteiger partial charge on any atom is 0.0547 e. The van der Waals surface area contributed by atoms with E-state index >= 15 is 0 Å². The number of aromatic nitrogens is 2. The van der Waals surface area contributed by atoms with Gasteiger partial charge < -0.3 is 18.9 Å². The van der Waals surface area contributed by atoms with E-state index in [1.165, 1.54) is 137 Å². The second kappa shape index (κ2) is 26.4. The lowest BCUT2D eigenvalue weighted by Crippen LogP contribution is -2.10. The van der Waals surface area contributed by atoms with Crippen molar-refractivity contribution in [2.24, 2.45) is 0 Å². The van der Waals surface area contributed by atoms with Crippen LogP contribution in [0.3, 0.4) is 0 Å². The molecule has 20 aromatic rings. The minimum atomic E-state index is 1.11. The van der Waals surface area contributed by atoms with E-state index < -0.39 is 0 Å². The molecule has 488 valence electrons. The summed E-state index contributed by atoms with van der Waals surface area (Å²) in [6.07, 6.45) is 0. The topological polar surface area (TPSA) is 16.3 Å². The molecule has 18 aromatic carbocycles. The highest BCUT2D eigenvalue weighted by Crippen LogP contribution is 2.46. The largest absolute Gasteiger partial charge is 0.310 e. The highest BCUT2D eigenvalue weighted by molar-refractivity contribution is 6.23. The van der Waals surface area contributed by atoms with Crippen molar-refractivity contribution in [3.05, 3.63) is 413 Å². The Morgan fingerprint density at radius 1 is 0.173 bits per heavy atom. The quantitative estimate of drug-likeness (QED) is 0.121. The van der Waals surface area contributed by atoms with Crippen LogP contribution in [-0.2, 0) is 0 Å². The molecule has 104 heavy (non-hydrogen) atoms. The summed E-state index contributed by atoms with van der Waals surface area (Å²) >= 11 is 0. The molecule has 4 nitrogen and oxygen atoms in total. The van der Waals surface area contributed by atoms with Crippen molar-refractivity contribution in [3.8, 4) is 55.9 Å². The molecular weight excluding hydrogens is 1260 g/mol. The molecule has 20 rings (SSSR count). The van der Waals surface area contributed by atoms with Gasteiger partial charge in [0.05, 0.1) is 27.8 Å². The Bertz CT molecular complexity index is 6550. The first-order valence-electron chi connectivity index (χ1n) is 35.7. The van der Waals surface area contributed by atoms with Gasteiger partial charge in [-0.2, -0.15) is 0 Å². The minimum Gasteiger partial charge on any atom is -0.310 e. The van der Waals surface area contributed by atoms with E-state index in [1.54, 1.807) is 0 Å². The maximum atomic E-state index is 2.44. The average Bonchev–Trinajstić information content (AvgIpc) is 1.56. The normalized spacial score (nSPS) is 11.5. The van der Waals surface area contributed by atoms with Gasteiger partial charge in [0.2, 0.25) is 0 Å². The van der Waals surface area contributed by atoms with Crippen LogP contribution in [0.2, 0.25) is 0 Å². The summed E-state index contributed by atoms with van der Waals surface area (Å²) in [7, 11) is 0. The SMILES string of the molecule is c1ccc(-c2ccc(N(c3ccc(-c4cccc5ccccc45)cc3)c3ccc4ccc5c(c4c3)c3ccccc3n5-c3ccccc3)cc2)cc1.c1ccc(-c2ccccc2-n2c3ccccc3c3c4cc(N(c5ccccc5)c5ccc(-c6cccc7ccccc67)cc5)ccc4ccc32)cc1. The second-order valence-electron chi connectivity index (χ2n) is 26.7. The molecular formula is C100H68N4. The van der Waals surface area contributed by atoms with Gasteiger partial charge in [0.1, 0.15) is 0 Å². The fourth-order valence-corrected chi connectivity index (χ4v) is 15.9. The molecule has 2 aromatic heterocycles. The van der Waals surface area contributed by atoms with E-state index in [1.807, 2.05) is 0 Å². The lowest BCUT2D eigenvalue weighted by atomic mass is 9.98. The molecule has 0 N–H and O–H groups in total. The number of fused-ring (bicyclic) bond motifs is 12. The van der Waals surface area contributed by atoms with E-state index in [4.69, 9.17) is 0 Å². The van der Waals surface area contributed by atoms with E-state index in [0.717, 1.165) is 39.8 Å². The van der Waals surface area contributed by atoms with Crippen LogP contribution in [0.4, 0.5) is 34.1 Å². The molecule has 0 bridgehead atoms. The van der Waals surface area contributed by atoms with E-state index in [9.17, 15) is 0 Å². The summed E-state index contributed by atoms with van der Waals surface area (Å²) in [5.74, 6) is 0. The third-order valence-corrected chi connectivity index (χ3v) is 20.7. The Hall–Kier alpha value is -13.8. The fourth-order valence-electron chi connectivity index (χ4n) is 15.9. The lowest BCUT2D eigenvalue weighted by molar-refractivity contribution is 1.18. The van der Waals surface area contributed by atoms with Crippen molar-refractivity contribution >= 4 is 121 Å². The molecule has 0 atom stereocenters. The lowest BCUT2D eigenvalue weighted by Gasteiger charge is -2.26. The number of benzene rings is 18. The molecule has 0 fully saturated rings. The van der Waals surface area contributed by atoms with E-state index in [0.29, 0.717) is 0 Å². The van der Waals surface area contributed by atoms with Gasteiger partial charge in [-0.15, -0.1) is 0 Å². The highest BCUT2D eigenvalue weighted by Gasteiger charge is 2.22. The zero-order valence-electron chi connectivity index (χ0n) is 57.0. The predicted molar refractivity (Wildman–Crippen MR) is 443 cm³/mol. The Morgan fingerprint density at radius 3 is 1.02 bits per heavy atom. The highest BCUT2D eigenvalue weighted by atomic mass is 15.1. The predicted octanol–water partition coefficient (Wildman–Crippen LogP) is 27.8. The van der Waals surface area contributed by atoms with Crippen LogP contribution in [0.15, 0.2) is 413 Å². The zero-order chi connectivity index (χ0) is 68.9. The van der Waals surface area contributed by atoms with Crippen LogP contribution >= 0.6 is 0 Å². The van der Waals surface area contributed by atoms with Gasteiger partial charge in [0, 0.05) is 66.9 Å². The molecule has 0 saturated carbocycles. The van der Waals surface area contributed by atoms with Gasteiger partial charge in [0.25, 0.3) is 0 Å². The van der Waals surface area contributed by atoms with Crippen LogP contribution in [-0.4, -0.2) is 9.13 Å². The Balaban J connectivity index is 0.000000143. The number of para-hydroxylation sites is 5. The smallest absolute Gasteiger partial charge is 0.0547 e. The van der Waals surface area contributed by atoms with Gasteiger partial charge in [-0.05, 0) is 197 Å². The molecule has 0 saturated heterocycles. The molecule has 0 radical (unpaired) electrons. The molecule has 4 heteroatoms. The van der Waals surface area contributed by atoms with Crippen LogP contribution in [0.1, 0.15) is 0 Å². The first kappa shape index (κ1) is 61.3. The first-order valence-corrected chi connectivity index (χ1v) is 35.7. The Labute approximate surface area is 604 Å². The average molecular weight is 1330 g/mol. The van der Waals surface area contributed by atoms with Gasteiger partial charge >= 0.3 is 0 Å². The molecule has 0 amide bonds. The van der Waals surface area contributed by atoms with Crippen molar-refractivity contribution in [3.63, 3.8) is 0 Å². The fraction of sp³-hybridized carbons (Fsp3) is 0.